The molecule has 2 N–H and O–H groups in total. The third kappa shape index (κ3) is 3.70. The van der Waals surface area contributed by atoms with Crippen molar-refractivity contribution in [2.45, 2.75) is 39.3 Å². The number of rotatable bonds is 6. The number of benzene rings is 1. The van der Waals surface area contributed by atoms with E-state index in [9.17, 15) is 8.42 Å². The summed E-state index contributed by atoms with van der Waals surface area (Å²) >= 11 is 0. The van der Waals surface area contributed by atoms with Crippen LogP contribution in [0.4, 0.5) is 5.69 Å². The third-order valence-electron chi connectivity index (χ3n) is 3.24. The molecule has 5 heteroatoms. The Morgan fingerprint density at radius 3 is 2.47 bits per heavy atom. The Morgan fingerprint density at radius 2 is 1.95 bits per heavy atom. The summed E-state index contributed by atoms with van der Waals surface area (Å²) in [5.41, 5.74) is 7.46. The van der Waals surface area contributed by atoms with Gasteiger partial charge in [0.05, 0.1) is 5.75 Å². The molecule has 0 atom stereocenters. The Balaban J connectivity index is 2.20. The second-order valence-corrected chi connectivity index (χ2v) is 7.61. The van der Waals surface area contributed by atoms with Crippen molar-refractivity contribution in [3.63, 3.8) is 0 Å². The Kier molecular flexibility index (Phi) is 4.16. The Bertz CT molecular complexity index is 536. The lowest BCUT2D eigenvalue weighted by Crippen LogP contribution is -2.36. The molecule has 1 aromatic carbocycles. The van der Waals surface area contributed by atoms with Crippen LogP contribution in [0.2, 0.25) is 0 Å². The second kappa shape index (κ2) is 5.51. The van der Waals surface area contributed by atoms with Gasteiger partial charge in [-0.2, -0.15) is 4.31 Å². The average Bonchev–Trinajstić information content (AvgIpc) is 3.09. The molecular weight excluding hydrogens is 260 g/mol. The molecule has 0 amide bonds. The zero-order valence-corrected chi connectivity index (χ0v) is 12.4. The van der Waals surface area contributed by atoms with Gasteiger partial charge < -0.3 is 5.73 Å². The molecule has 1 aromatic rings. The van der Waals surface area contributed by atoms with Gasteiger partial charge in [0.25, 0.3) is 0 Å². The van der Waals surface area contributed by atoms with Crippen molar-refractivity contribution in [2.75, 3.05) is 11.5 Å². The van der Waals surface area contributed by atoms with Crippen molar-refractivity contribution in [1.29, 1.82) is 0 Å². The molecule has 1 aliphatic rings. The minimum absolute atomic E-state index is 0.138. The molecule has 106 valence electrons. The van der Waals surface area contributed by atoms with E-state index in [1.807, 2.05) is 38.1 Å². The summed E-state index contributed by atoms with van der Waals surface area (Å²) < 4.78 is 26.5. The zero-order valence-electron chi connectivity index (χ0n) is 11.5. The largest absolute Gasteiger partial charge is 0.398 e. The van der Waals surface area contributed by atoms with Crippen molar-refractivity contribution in [2.24, 2.45) is 5.92 Å². The van der Waals surface area contributed by atoms with Crippen LogP contribution < -0.4 is 5.73 Å². The predicted molar refractivity (Wildman–Crippen MR) is 78.0 cm³/mol. The lowest BCUT2D eigenvalue weighted by atomic mass is 10.2. The molecule has 0 spiro atoms. The van der Waals surface area contributed by atoms with E-state index in [0.29, 0.717) is 12.2 Å². The molecule has 0 radical (unpaired) electrons. The van der Waals surface area contributed by atoms with E-state index < -0.39 is 10.0 Å². The molecule has 2 rings (SSSR count). The maximum Gasteiger partial charge on any atom is 0.214 e. The average molecular weight is 282 g/mol. The lowest BCUT2D eigenvalue weighted by Gasteiger charge is -2.23. The van der Waals surface area contributed by atoms with E-state index in [1.54, 1.807) is 4.31 Å². The summed E-state index contributed by atoms with van der Waals surface area (Å²) in [6, 6.07) is 7.64. The van der Waals surface area contributed by atoms with Crippen molar-refractivity contribution >= 4 is 15.7 Å². The molecule has 1 fully saturated rings. The van der Waals surface area contributed by atoms with E-state index in [4.69, 9.17) is 5.73 Å². The Hall–Kier alpha value is -1.07. The van der Waals surface area contributed by atoms with Crippen LogP contribution in [-0.2, 0) is 16.6 Å². The van der Waals surface area contributed by atoms with Gasteiger partial charge in [-0.05, 0) is 30.4 Å². The SMILES string of the molecule is CC(C)CS(=O)(=O)N(Cc1ccccc1N)C1CC1. The van der Waals surface area contributed by atoms with E-state index in [-0.39, 0.29) is 17.7 Å². The normalized spacial score (nSPS) is 16.2. The number of nitrogen functional groups attached to an aromatic ring is 1. The van der Waals surface area contributed by atoms with E-state index in [1.165, 1.54) is 0 Å². The minimum atomic E-state index is -3.20. The highest BCUT2D eigenvalue weighted by atomic mass is 32.2. The summed E-state index contributed by atoms with van der Waals surface area (Å²) in [5.74, 6) is 0.343. The molecular formula is C14H22N2O2S. The molecule has 1 saturated carbocycles. The number of sulfonamides is 1. The van der Waals surface area contributed by atoms with Gasteiger partial charge in [0, 0.05) is 18.3 Å². The first-order chi connectivity index (χ1) is 8.90. The van der Waals surface area contributed by atoms with E-state index >= 15 is 0 Å². The van der Waals surface area contributed by atoms with Crippen LogP contribution >= 0.6 is 0 Å². The van der Waals surface area contributed by atoms with E-state index in [0.717, 1.165) is 18.4 Å². The number of nitrogens with zero attached hydrogens (tertiary/aromatic N) is 1. The fourth-order valence-corrected chi connectivity index (χ4v) is 4.21. The van der Waals surface area contributed by atoms with Crippen LogP contribution in [0, 0.1) is 5.92 Å². The summed E-state index contributed by atoms with van der Waals surface area (Å²) in [7, 11) is -3.20. The Morgan fingerprint density at radius 1 is 1.32 bits per heavy atom. The molecule has 0 bridgehead atoms. The minimum Gasteiger partial charge on any atom is -0.398 e. The number of hydrogen-bond donors (Lipinski definition) is 1. The third-order valence-corrected chi connectivity index (χ3v) is 5.47. The predicted octanol–water partition coefficient (Wildman–Crippen LogP) is 2.22. The molecule has 0 saturated heterocycles. The summed E-state index contributed by atoms with van der Waals surface area (Å²) in [6.45, 7) is 4.26. The van der Waals surface area contributed by atoms with Crippen molar-refractivity contribution in [1.82, 2.24) is 4.31 Å². The van der Waals surface area contributed by atoms with Gasteiger partial charge in [0.15, 0.2) is 0 Å². The quantitative estimate of drug-likeness (QED) is 0.814. The van der Waals surface area contributed by atoms with Crippen LogP contribution in [-0.4, -0.2) is 24.5 Å². The molecule has 0 aliphatic heterocycles. The number of nitrogens with two attached hydrogens (primary N) is 1. The number of anilines is 1. The van der Waals surface area contributed by atoms with Crippen LogP contribution in [0.25, 0.3) is 0 Å². The molecule has 4 nitrogen and oxygen atoms in total. The van der Waals surface area contributed by atoms with Crippen molar-refractivity contribution in [3.8, 4) is 0 Å². The zero-order chi connectivity index (χ0) is 14.0. The van der Waals surface area contributed by atoms with Gasteiger partial charge in [-0.3, -0.25) is 0 Å². The highest BCUT2D eigenvalue weighted by Gasteiger charge is 2.37. The second-order valence-electron chi connectivity index (χ2n) is 5.65. The summed E-state index contributed by atoms with van der Waals surface area (Å²) in [6.07, 6.45) is 1.92. The first-order valence-electron chi connectivity index (χ1n) is 6.73. The lowest BCUT2D eigenvalue weighted by molar-refractivity contribution is 0.395. The summed E-state index contributed by atoms with van der Waals surface area (Å²) in [4.78, 5) is 0. The molecule has 0 aromatic heterocycles. The smallest absolute Gasteiger partial charge is 0.214 e. The Labute approximate surface area is 115 Å². The monoisotopic (exact) mass is 282 g/mol. The van der Waals surface area contributed by atoms with Gasteiger partial charge in [-0.25, -0.2) is 8.42 Å². The maximum atomic E-state index is 12.4. The van der Waals surface area contributed by atoms with Crippen LogP contribution in [0.15, 0.2) is 24.3 Å². The fourth-order valence-electron chi connectivity index (χ4n) is 2.18. The number of para-hydroxylation sites is 1. The van der Waals surface area contributed by atoms with Crippen molar-refractivity contribution in [3.05, 3.63) is 29.8 Å². The number of hydrogen-bond acceptors (Lipinski definition) is 3. The van der Waals surface area contributed by atoms with Crippen LogP contribution in [0.5, 0.6) is 0 Å². The first kappa shape index (κ1) is 14.3. The standard InChI is InChI=1S/C14H22N2O2S/c1-11(2)10-19(17,18)16(13-7-8-13)9-12-5-3-4-6-14(12)15/h3-6,11,13H,7-10,15H2,1-2H3. The van der Waals surface area contributed by atoms with Crippen LogP contribution in [0.3, 0.4) is 0 Å². The highest BCUT2D eigenvalue weighted by Crippen LogP contribution is 2.32. The topological polar surface area (TPSA) is 63.4 Å². The van der Waals surface area contributed by atoms with Gasteiger partial charge in [0.2, 0.25) is 10.0 Å². The van der Waals surface area contributed by atoms with Crippen molar-refractivity contribution < 1.29 is 8.42 Å². The first-order valence-corrected chi connectivity index (χ1v) is 8.34. The van der Waals surface area contributed by atoms with Gasteiger partial charge in [0.1, 0.15) is 0 Å². The molecule has 1 aliphatic carbocycles. The maximum absolute atomic E-state index is 12.4. The van der Waals surface area contributed by atoms with Gasteiger partial charge >= 0.3 is 0 Å². The van der Waals surface area contributed by atoms with Gasteiger partial charge in [-0.15, -0.1) is 0 Å². The summed E-state index contributed by atoms with van der Waals surface area (Å²) in [5, 5.41) is 0. The van der Waals surface area contributed by atoms with Gasteiger partial charge in [-0.1, -0.05) is 32.0 Å². The highest BCUT2D eigenvalue weighted by molar-refractivity contribution is 7.89. The molecule has 19 heavy (non-hydrogen) atoms. The fraction of sp³-hybridized carbons (Fsp3) is 0.571. The van der Waals surface area contributed by atoms with Crippen LogP contribution in [0.1, 0.15) is 32.3 Å². The molecule has 0 heterocycles. The molecule has 0 unspecified atom stereocenters. The van der Waals surface area contributed by atoms with E-state index in [2.05, 4.69) is 0 Å².